The van der Waals surface area contributed by atoms with Crippen molar-refractivity contribution in [2.24, 2.45) is 5.73 Å². The van der Waals surface area contributed by atoms with Gasteiger partial charge in [0.05, 0.1) is 6.10 Å². The summed E-state index contributed by atoms with van der Waals surface area (Å²) in [5, 5.41) is 9.38. The van der Waals surface area contributed by atoms with Crippen molar-refractivity contribution in [3.05, 3.63) is 18.2 Å². The number of hydrogen-bond acceptors (Lipinski definition) is 3. The third-order valence-electron chi connectivity index (χ3n) is 3.17. The van der Waals surface area contributed by atoms with Crippen molar-refractivity contribution >= 4 is 0 Å². The van der Waals surface area contributed by atoms with Gasteiger partial charge in [-0.05, 0) is 19.8 Å². The highest BCUT2D eigenvalue weighted by molar-refractivity contribution is 5.18. The van der Waals surface area contributed by atoms with Crippen molar-refractivity contribution in [3.63, 3.8) is 0 Å². The summed E-state index contributed by atoms with van der Waals surface area (Å²) in [6.45, 7) is 3.57. The molecule has 0 amide bonds. The molecule has 14 heavy (non-hydrogen) atoms. The smallest absolute Gasteiger partial charge is 0.116 e. The highest BCUT2D eigenvalue weighted by Crippen LogP contribution is 2.42. The number of aliphatic hydroxyl groups excluding tert-OH is 1. The van der Waals surface area contributed by atoms with Crippen molar-refractivity contribution in [2.75, 3.05) is 6.54 Å². The van der Waals surface area contributed by atoms with E-state index in [1.165, 1.54) is 0 Å². The van der Waals surface area contributed by atoms with Crippen LogP contribution in [0.15, 0.2) is 12.4 Å². The number of nitrogens with two attached hydrogens (primary N) is 1. The van der Waals surface area contributed by atoms with Crippen molar-refractivity contribution < 1.29 is 5.11 Å². The van der Waals surface area contributed by atoms with E-state index in [1.54, 1.807) is 6.20 Å². The van der Waals surface area contributed by atoms with Gasteiger partial charge in [-0.3, -0.25) is 0 Å². The fourth-order valence-corrected chi connectivity index (χ4v) is 2.31. The Morgan fingerprint density at radius 3 is 2.93 bits per heavy atom. The maximum absolute atomic E-state index is 9.38. The molecule has 0 bridgehead atoms. The Hall–Kier alpha value is -0.870. The molecule has 0 aliphatic heterocycles. The van der Waals surface area contributed by atoms with Gasteiger partial charge in [-0.2, -0.15) is 0 Å². The molecule has 3 N–H and O–H groups in total. The molecule has 1 fully saturated rings. The van der Waals surface area contributed by atoms with Crippen molar-refractivity contribution in [1.29, 1.82) is 0 Å². The molecule has 0 saturated heterocycles. The minimum absolute atomic E-state index is 0.0705. The lowest BCUT2D eigenvalue weighted by atomic mass is 9.66. The molecule has 78 valence electrons. The molecule has 0 unspecified atom stereocenters. The van der Waals surface area contributed by atoms with Gasteiger partial charge >= 0.3 is 0 Å². The summed E-state index contributed by atoms with van der Waals surface area (Å²) in [6, 6.07) is 0. The number of imidazole rings is 1. The molecule has 4 heteroatoms. The van der Waals surface area contributed by atoms with Crippen molar-refractivity contribution in [2.45, 2.75) is 37.8 Å². The lowest BCUT2D eigenvalue weighted by Gasteiger charge is -2.44. The lowest BCUT2D eigenvalue weighted by Crippen LogP contribution is -2.51. The van der Waals surface area contributed by atoms with Crippen LogP contribution in [0.25, 0.3) is 0 Å². The fraction of sp³-hybridized carbons (Fsp3) is 0.700. The summed E-state index contributed by atoms with van der Waals surface area (Å²) in [6.07, 6.45) is 5.08. The lowest BCUT2D eigenvalue weighted by molar-refractivity contribution is 0.0161. The standard InChI is InChI=1S/C10H17N3O/c1-2-13-4-3-12-9(13)10(7-11)5-8(14)6-10/h3-4,8,14H,2,5-7,11H2,1H3. The number of aromatic nitrogens is 2. The average molecular weight is 195 g/mol. The van der Waals surface area contributed by atoms with Gasteiger partial charge in [0, 0.05) is 30.9 Å². The van der Waals surface area contributed by atoms with Crippen LogP contribution in [-0.4, -0.2) is 27.3 Å². The van der Waals surface area contributed by atoms with Gasteiger partial charge in [0.25, 0.3) is 0 Å². The Morgan fingerprint density at radius 1 is 1.71 bits per heavy atom. The molecule has 0 aromatic carbocycles. The zero-order chi connectivity index (χ0) is 10.2. The van der Waals surface area contributed by atoms with Gasteiger partial charge in [0.15, 0.2) is 0 Å². The normalized spacial score (nSPS) is 31.5. The van der Waals surface area contributed by atoms with Crippen LogP contribution in [0.2, 0.25) is 0 Å². The minimum atomic E-state index is -0.194. The van der Waals surface area contributed by atoms with Gasteiger partial charge in [-0.1, -0.05) is 0 Å². The Kier molecular flexibility index (Phi) is 2.33. The van der Waals surface area contributed by atoms with Gasteiger partial charge in [0.1, 0.15) is 5.82 Å². The first-order valence-corrected chi connectivity index (χ1v) is 5.11. The van der Waals surface area contributed by atoms with E-state index in [1.807, 2.05) is 6.20 Å². The van der Waals surface area contributed by atoms with E-state index in [-0.39, 0.29) is 11.5 Å². The van der Waals surface area contributed by atoms with Crippen LogP contribution >= 0.6 is 0 Å². The molecule has 1 heterocycles. The van der Waals surface area contributed by atoms with Gasteiger partial charge in [-0.25, -0.2) is 4.98 Å². The van der Waals surface area contributed by atoms with Crippen LogP contribution in [0.1, 0.15) is 25.6 Å². The van der Waals surface area contributed by atoms with E-state index in [0.717, 1.165) is 25.2 Å². The van der Waals surface area contributed by atoms with Gasteiger partial charge in [0.2, 0.25) is 0 Å². The van der Waals surface area contributed by atoms with Crippen LogP contribution < -0.4 is 5.73 Å². The number of rotatable bonds is 3. The molecule has 1 saturated carbocycles. The predicted molar refractivity (Wildman–Crippen MR) is 53.9 cm³/mol. The third kappa shape index (κ3) is 1.26. The van der Waals surface area contributed by atoms with E-state index in [4.69, 9.17) is 5.73 Å². The topological polar surface area (TPSA) is 64.1 Å². The molecule has 0 atom stereocenters. The van der Waals surface area contributed by atoms with E-state index in [0.29, 0.717) is 6.54 Å². The summed E-state index contributed by atoms with van der Waals surface area (Å²) >= 11 is 0. The summed E-state index contributed by atoms with van der Waals surface area (Å²) < 4.78 is 2.11. The van der Waals surface area contributed by atoms with Crippen LogP contribution in [0.5, 0.6) is 0 Å². The van der Waals surface area contributed by atoms with Gasteiger partial charge < -0.3 is 15.4 Å². The van der Waals surface area contributed by atoms with Crippen LogP contribution in [0.3, 0.4) is 0 Å². The zero-order valence-electron chi connectivity index (χ0n) is 8.48. The summed E-state index contributed by atoms with van der Waals surface area (Å²) in [4.78, 5) is 4.36. The maximum Gasteiger partial charge on any atom is 0.116 e. The second kappa shape index (κ2) is 3.37. The second-order valence-corrected chi connectivity index (χ2v) is 4.08. The van der Waals surface area contributed by atoms with E-state index in [9.17, 15) is 5.11 Å². The third-order valence-corrected chi connectivity index (χ3v) is 3.17. The second-order valence-electron chi connectivity index (χ2n) is 4.08. The highest BCUT2D eigenvalue weighted by atomic mass is 16.3. The summed E-state index contributed by atoms with van der Waals surface area (Å²) in [7, 11) is 0. The summed E-state index contributed by atoms with van der Waals surface area (Å²) in [5.74, 6) is 1.04. The number of aliphatic hydroxyl groups is 1. The molecular formula is C10H17N3O. The molecule has 4 nitrogen and oxygen atoms in total. The Balaban J connectivity index is 2.28. The largest absolute Gasteiger partial charge is 0.393 e. The SMILES string of the molecule is CCn1ccnc1C1(CN)CC(O)C1. The molecule has 0 spiro atoms. The number of nitrogens with zero attached hydrogens (tertiary/aromatic N) is 2. The Labute approximate surface area is 83.8 Å². The van der Waals surface area contributed by atoms with E-state index >= 15 is 0 Å². The van der Waals surface area contributed by atoms with Gasteiger partial charge in [-0.15, -0.1) is 0 Å². The van der Waals surface area contributed by atoms with Crippen LogP contribution in [-0.2, 0) is 12.0 Å². The van der Waals surface area contributed by atoms with E-state index in [2.05, 4.69) is 16.5 Å². The first-order valence-electron chi connectivity index (χ1n) is 5.11. The summed E-state index contributed by atoms with van der Waals surface area (Å²) in [5.41, 5.74) is 5.71. The molecule has 0 radical (unpaired) electrons. The van der Waals surface area contributed by atoms with Crippen LogP contribution in [0.4, 0.5) is 0 Å². The quantitative estimate of drug-likeness (QED) is 0.727. The number of hydrogen-bond donors (Lipinski definition) is 2. The highest BCUT2D eigenvalue weighted by Gasteiger charge is 2.46. The first-order chi connectivity index (χ1) is 6.72. The van der Waals surface area contributed by atoms with Crippen LogP contribution in [0, 0.1) is 0 Å². The number of aryl methyl sites for hydroxylation is 1. The Morgan fingerprint density at radius 2 is 2.43 bits per heavy atom. The fourth-order valence-electron chi connectivity index (χ4n) is 2.31. The molecule has 1 aliphatic rings. The van der Waals surface area contributed by atoms with Crippen molar-refractivity contribution in [3.8, 4) is 0 Å². The van der Waals surface area contributed by atoms with E-state index < -0.39 is 0 Å². The predicted octanol–water partition coefficient (Wildman–Crippen LogP) is 0.254. The molecule has 2 rings (SSSR count). The first kappa shape index (κ1) is 9.68. The Bertz CT molecular complexity index is 315. The maximum atomic E-state index is 9.38. The minimum Gasteiger partial charge on any atom is -0.393 e. The molecule has 1 aromatic rings. The molecular weight excluding hydrogens is 178 g/mol. The average Bonchev–Trinajstić information content (AvgIpc) is 2.60. The monoisotopic (exact) mass is 195 g/mol. The molecule has 1 aromatic heterocycles. The molecule has 1 aliphatic carbocycles. The van der Waals surface area contributed by atoms with Crippen molar-refractivity contribution in [1.82, 2.24) is 9.55 Å². The zero-order valence-corrected chi connectivity index (χ0v) is 8.48.